The summed E-state index contributed by atoms with van der Waals surface area (Å²) in [4.78, 5) is -0.750. The van der Waals surface area contributed by atoms with Crippen molar-refractivity contribution in [1.82, 2.24) is 0 Å². The predicted octanol–water partition coefficient (Wildman–Crippen LogP) is 1.33. The maximum absolute atomic E-state index is 10.9. The van der Waals surface area contributed by atoms with Crippen LogP contribution < -0.4 is 0 Å². The third-order valence-corrected chi connectivity index (χ3v) is 2.85. The number of nitriles is 2. The van der Waals surface area contributed by atoms with Crippen molar-refractivity contribution in [2.24, 2.45) is 0 Å². The second-order valence-electron chi connectivity index (χ2n) is 2.50. The van der Waals surface area contributed by atoms with Gasteiger partial charge in [0.1, 0.15) is 17.0 Å². The van der Waals surface area contributed by atoms with E-state index in [9.17, 15) is 8.42 Å². The van der Waals surface area contributed by atoms with E-state index in [0.29, 0.717) is 0 Å². The van der Waals surface area contributed by atoms with E-state index in [-0.39, 0.29) is 10.6 Å². The number of halogens is 1. The van der Waals surface area contributed by atoms with Gasteiger partial charge in [0.2, 0.25) is 0 Å². The molecule has 1 rings (SSSR count). The van der Waals surface area contributed by atoms with E-state index < -0.39 is 20.6 Å². The summed E-state index contributed by atoms with van der Waals surface area (Å²) in [5.74, 6) is 0. The Morgan fingerprint density at radius 2 is 1.87 bits per heavy atom. The molecule has 0 heterocycles. The Labute approximate surface area is 90.9 Å². The molecular weight excluding hydrogens is 240 g/mol. The van der Waals surface area contributed by atoms with Gasteiger partial charge in [-0.05, 0) is 12.1 Å². The SMILES string of the molecule is N#Cc1ccc(Cl)c(C#N)c1S(=O)(=O)O. The van der Waals surface area contributed by atoms with Gasteiger partial charge in [0, 0.05) is 0 Å². The van der Waals surface area contributed by atoms with E-state index in [1.54, 1.807) is 6.07 Å². The maximum Gasteiger partial charge on any atom is 0.297 e. The second-order valence-corrected chi connectivity index (χ2v) is 4.26. The summed E-state index contributed by atoms with van der Waals surface area (Å²) < 4.78 is 30.7. The van der Waals surface area contributed by atoms with E-state index in [1.165, 1.54) is 12.1 Å². The van der Waals surface area contributed by atoms with E-state index >= 15 is 0 Å². The minimum Gasteiger partial charge on any atom is -0.282 e. The van der Waals surface area contributed by atoms with Crippen molar-refractivity contribution in [3.8, 4) is 12.1 Å². The fourth-order valence-electron chi connectivity index (χ4n) is 1.02. The summed E-state index contributed by atoms with van der Waals surface area (Å²) >= 11 is 5.56. The van der Waals surface area contributed by atoms with E-state index in [0.717, 1.165) is 6.07 Å². The maximum atomic E-state index is 10.9. The molecule has 0 aliphatic carbocycles. The van der Waals surface area contributed by atoms with Crippen molar-refractivity contribution in [3.63, 3.8) is 0 Å². The van der Waals surface area contributed by atoms with Gasteiger partial charge in [-0.2, -0.15) is 18.9 Å². The molecule has 0 saturated carbocycles. The summed E-state index contributed by atoms with van der Waals surface area (Å²) in [5, 5.41) is 17.1. The Kier molecular flexibility index (Phi) is 2.96. The molecule has 0 saturated heterocycles. The smallest absolute Gasteiger partial charge is 0.282 e. The highest BCUT2D eigenvalue weighted by Gasteiger charge is 2.22. The van der Waals surface area contributed by atoms with Crippen molar-refractivity contribution < 1.29 is 13.0 Å². The van der Waals surface area contributed by atoms with Crippen LogP contribution in [-0.4, -0.2) is 13.0 Å². The minimum atomic E-state index is -4.64. The predicted molar refractivity (Wildman–Crippen MR) is 50.7 cm³/mol. The first kappa shape index (κ1) is 11.5. The molecule has 76 valence electrons. The standard InChI is InChI=1S/C8H3ClN2O3S/c9-7-2-1-5(3-10)8(6(7)4-11)15(12,13)14/h1-2H,(H,12,13,14). The summed E-state index contributed by atoms with van der Waals surface area (Å²) in [6.45, 7) is 0. The Hall–Kier alpha value is -1.60. The number of nitrogens with zero attached hydrogens (tertiary/aromatic N) is 2. The lowest BCUT2D eigenvalue weighted by atomic mass is 10.1. The molecule has 5 nitrogen and oxygen atoms in total. The molecule has 1 aromatic rings. The zero-order valence-corrected chi connectivity index (χ0v) is 8.67. The van der Waals surface area contributed by atoms with Gasteiger partial charge in [-0.1, -0.05) is 11.6 Å². The molecule has 0 spiro atoms. The van der Waals surface area contributed by atoms with Gasteiger partial charge < -0.3 is 0 Å². The van der Waals surface area contributed by atoms with Gasteiger partial charge in [-0.15, -0.1) is 0 Å². The Bertz CT molecular complexity index is 596. The van der Waals surface area contributed by atoms with Gasteiger partial charge in [0.15, 0.2) is 0 Å². The number of hydrogen-bond acceptors (Lipinski definition) is 4. The molecular formula is C8H3ClN2O3S. The summed E-state index contributed by atoms with van der Waals surface area (Å²) in [5.41, 5.74) is -0.753. The highest BCUT2D eigenvalue weighted by molar-refractivity contribution is 7.86. The molecule has 15 heavy (non-hydrogen) atoms. The fraction of sp³-hybridized carbons (Fsp3) is 0. The van der Waals surface area contributed by atoms with Crippen LogP contribution in [0.5, 0.6) is 0 Å². The molecule has 0 atom stereocenters. The number of rotatable bonds is 1. The first-order chi connectivity index (χ1) is 6.91. The molecule has 1 N–H and O–H groups in total. The van der Waals surface area contributed by atoms with Crippen LogP contribution in [0.4, 0.5) is 0 Å². The van der Waals surface area contributed by atoms with Crippen LogP contribution in [0.25, 0.3) is 0 Å². The van der Waals surface area contributed by atoms with Crippen LogP contribution >= 0.6 is 11.6 Å². The topological polar surface area (TPSA) is 102 Å². The number of hydrogen-bond donors (Lipinski definition) is 1. The van der Waals surface area contributed by atoms with E-state index in [1.807, 2.05) is 0 Å². The van der Waals surface area contributed by atoms with Gasteiger partial charge in [0.05, 0.1) is 16.1 Å². The molecule has 0 aromatic heterocycles. The highest BCUT2D eigenvalue weighted by atomic mass is 35.5. The van der Waals surface area contributed by atoms with Crippen LogP contribution in [0.3, 0.4) is 0 Å². The molecule has 0 aliphatic rings. The third-order valence-electron chi connectivity index (χ3n) is 1.60. The normalized spacial score (nSPS) is 10.4. The van der Waals surface area contributed by atoms with Crippen LogP contribution in [0.2, 0.25) is 5.02 Å². The minimum absolute atomic E-state index is 0.135. The van der Waals surface area contributed by atoms with Gasteiger partial charge in [0.25, 0.3) is 10.1 Å². The van der Waals surface area contributed by atoms with Crippen LogP contribution in [0, 0.1) is 22.7 Å². The average molecular weight is 243 g/mol. The van der Waals surface area contributed by atoms with Crippen molar-refractivity contribution in [1.29, 1.82) is 10.5 Å². The number of benzene rings is 1. The molecule has 0 amide bonds. The molecule has 1 aromatic carbocycles. The Morgan fingerprint density at radius 1 is 1.27 bits per heavy atom. The zero-order chi connectivity index (χ0) is 11.6. The third kappa shape index (κ3) is 2.08. The molecule has 0 unspecified atom stereocenters. The quantitative estimate of drug-likeness (QED) is 0.749. The first-order valence-electron chi connectivity index (χ1n) is 3.52. The lowest BCUT2D eigenvalue weighted by molar-refractivity contribution is 0.482. The largest absolute Gasteiger partial charge is 0.297 e. The van der Waals surface area contributed by atoms with Crippen molar-refractivity contribution in [3.05, 3.63) is 28.3 Å². The zero-order valence-electron chi connectivity index (χ0n) is 7.10. The molecule has 7 heteroatoms. The molecule has 0 bridgehead atoms. The second kappa shape index (κ2) is 3.87. The first-order valence-corrected chi connectivity index (χ1v) is 5.33. The van der Waals surface area contributed by atoms with Gasteiger partial charge in [-0.3, -0.25) is 4.55 Å². The lowest BCUT2D eigenvalue weighted by Crippen LogP contribution is -2.05. The van der Waals surface area contributed by atoms with Crippen molar-refractivity contribution >= 4 is 21.7 Å². The molecule has 0 radical (unpaired) electrons. The van der Waals surface area contributed by atoms with Crippen LogP contribution in [-0.2, 0) is 10.1 Å². The van der Waals surface area contributed by atoms with Gasteiger partial charge >= 0.3 is 0 Å². The Morgan fingerprint density at radius 3 is 2.27 bits per heavy atom. The summed E-state index contributed by atoms with van der Waals surface area (Å²) in [7, 11) is -4.64. The molecule has 0 aliphatic heterocycles. The highest BCUT2D eigenvalue weighted by Crippen LogP contribution is 2.26. The monoisotopic (exact) mass is 242 g/mol. The van der Waals surface area contributed by atoms with Crippen molar-refractivity contribution in [2.75, 3.05) is 0 Å². The van der Waals surface area contributed by atoms with Crippen LogP contribution in [0.1, 0.15) is 11.1 Å². The summed E-state index contributed by atoms with van der Waals surface area (Å²) in [6, 6.07) is 5.41. The van der Waals surface area contributed by atoms with E-state index in [4.69, 9.17) is 26.7 Å². The van der Waals surface area contributed by atoms with Gasteiger partial charge in [-0.25, -0.2) is 0 Å². The summed E-state index contributed by atoms with van der Waals surface area (Å²) in [6.07, 6.45) is 0. The molecule has 0 fully saturated rings. The Balaban J connectivity index is 3.84. The van der Waals surface area contributed by atoms with Crippen LogP contribution in [0.15, 0.2) is 17.0 Å². The fourth-order valence-corrected chi connectivity index (χ4v) is 2.08. The average Bonchev–Trinajstić information content (AvgIpc) is 2.15. The van der Waals surface area contributed by atoms with Crippen molar-refractivity contribution in [2.45, 2.75) is 4.90 Å². The lowest BCUT2D eigenvalue weighted by Gasteiger charge is -2.03. The van der Waals surface area contributed by atoms with E-state index in [2.05, 4.69) is 0 Å².